The number of carboxylic acids is 2. The van der Waals surface area contributed by atoms with Crippen LogP contribution in [0.3, 0.4) is 0 Å². The molecule has 0 saturated carbocycles. The number of nitrogens with zero attached hydrogens (tertiary/aromatic N) is 2. The summed E-state index contributed by atoms with van der Waals surface area (Å²) in [7, 11) is 0. The number of carboxylic acid groups (broad SMARTS) is 2. The molecule has 9 heteroatoms. The average molecular weight is 639 g/mol. The van der Waals surface area contributed by atoms with Gasteiger partial charge in [-0.25, -0.2) is 9.97 Å². The zero-order valence-corrected chi connectivity index (χ0v) is 25.2. The average Bonchev–Trinajstić information content (AvgIpc) is 3.59. The second-order valence-electron chi connectivity index (χ2n) is 11.2. The number of carbonyl (C=O) groups is 2. The third-order valence-electron chi connectivity index (χ3n) is 8.69. The standard InChI is InChI=1S/C34H38N4O4.Ga.3H/c1-7-21-17(3)25-13-26-19(5)23(9-11-33(39)40)31(37-26)16-32-24(10-12-34(41)42)20(6)28(38-32)15-30-22(8-2)18(4)27(36-30)14-29(21)35-25;;;;/h13-16,35,38H,7-12H2,1-6H3,(H,39,40)(H,41,42);;;;. The number of aliphatic carboxylic acids is 2. The molecule has 0 atom stereocenters. The van der Waals surface area contributed by atoms with Crippen molar-refractivity contribution in [2.45, 2.75) is 80.1 Å². The summed E-state index contributed by atoms with van der Waals surface area (Å²) in [4.78, 5) is 40.3. The van der Waals surface area contributed by atoms with Crippen LogP contribution in [-0.4, -0.2) is 61.9 Å². The van der Waals surface area contributed by atoms with Gasteiger partial charge in [0, 0.05) is 34.9 Å². The summed E-state index contributed by atoms with van der Waals surface area (Å²) in [6, 6.07) is 8.19. The molecule has 3 aromatic rings. The number of rotatable bonds is 8. The predicted octanol–water partition coefficient (Wildman–Crippen LogP) is 6.46. The molecule has 0 spiro atoms. The number of hydrogen-bond donors (Lipinski definition) is 4. The first-order valence-electron chi connectivity index (χ1n) is 14.6. The van der Waals surface area contributed by atoms with Gasteiger partial charge in [0.05, 0.1) is 22.8 Å². The molecule has 0 amide bonds. The van der Waals surface area contributed by atoms with Crippen LogP contribution in [0.2, 0.25) is 0 Å². The molecule has 0 aromatic carbocycles. The van der Waals surface area contributed by atoms with Gasteiger partial charge in [0.2, 0.25) is 0 Å². The number of aromatic amines is 2. The van der Waals surface area contributed by atoms with Crippen LogP contribution in [-0.2, 0) is 22.4 Å². The Bertz CT molecular complexity index is 1860. The Balaban J connectivity index is 0.00000423. The van der Waals surface area contributed by atoms with E-state index in [-0.39, 0.29) is 32.6 Å². The Morgan fingerprint density at radius 2 is 1.07 bits per heavy atom. The molecular weight excluding hydrogens is 598 g/mol. The summed E-state index contributed by atoms with van der Waals surface area (Å²) < 4.78 is 0. The molecular formula is C34H41GaN4O4. The zero-order chi connectivity index (χ0) is 30.3. The molecule has 8 nitrogen and oxygen atoms in total. The van der Waals surface area contributed by atoms with E-state index in [0.29, 0.717) is 18.5 Å². The fourth-order valence-corrected chi connectivity index (χ4v) is 6.22. The maximum atomic E-state index is 11.5. The molecule has 224 valence electrons. The summed E-state index contributed by atoms with van der Waals surface area (Å²) in [5.74, 6) is -1.72. The van der Waals surface area contributed by atoms with Gasteiger partial charge in [-0.2, -0.15) is 0 Å². The number of allylic oxidation sites excluding steroid dienone is 4. The number of aryl methyl sites for hydroxylation is 4. The van der Waals surface area contributed by atoms with Crippen LogP contribution in [0.5, 0.6) is 0 Å². The number of fused-ring (bicyclic) bond motifs is 8. The van der Waals surface area contributed by atoms with Crippen LogP contribution >= 0.6 is 0 Å². The quantitative estimate of drug-likeness (QED) is 0.209. The van der Waals surface area contributed by atoms with Crippen LogP contribution in [0.1, 0.15) is 98.4 Å². The van der Waals surface area contributed by atoms with Gasteiger partial charge >= 0.3 is 31.7 Å². The first kappa shape index (κ1) is 32.1. The van der Waals surface area contributed by atoms with Crippen molar-refractivity contribution in [3.05, 3.63) is 69.3 Å². The fraction of sp³-hybridized carbons (Fsp3) is 0.353. The molecule has 0 fully saturated rings. The Morgan fingerprint density at radius 1 is 0.628 bits per heavy atom. The summed E-state index contributed by atoms with van der Waals surface area (Å²) in [5, 5.41) is 18.9. The van der Waals surface area contributed by atoms with Gasteiger partial charge in [0.25, 0.3) is 0 Å². The number of nitrogens with one attached hydrogen (secondary N) is 2. The Hall–Kier alpha value is -3.82. The van der Waals surface area contributed by atoms with Gasteiger partial charge in [-0.3, -0.25) is 9.59 Å². The van der Waals surface area contributed by atoms with Crippen molar-refractivity contribution < 1.29 is 19.8 Å². The van der Waals surface area contributed by atoms with Crippen LogP contribution in [0.25, 0.3) is 44.4 Å². The molecule has 2 aliphatic rings. The normalized spacial score (nSPS) is 13.0. The van der Waals surface area contributed by atoms with Gasteiger partial charge in [0.1, 0.15) is 0 Å². The van der Waals surface area contributed by atoms with E-state index in [1.165, 1.54) is 11.1 Å². The van der Waals surface area contributed by atoms with E-state index in [1.807, 2.05) is 26.0 Å². The van der Waals surface area contributed by atoms with Crippen molar-refractivity contribution in [1.29, 1.82) is 0 Å². The van der Waals surface area contributed by atoms with E-state index >= 15 is 0 Å². The van der Waals surface area contributed by atoms with Crippen molar-refractivity contribution in [2.75, 3.05) is 0 Å². The van der Waals surface area contributed by atoms with Gasteiger partial charge in [-0.15, -0.1) is 0 Å². The van der Waals surface area contributed by atoms with E-state index in [0.717, 1.165) is 85.4 Å². The van der Waals surface area contributed by atoms with E-state index in [2.05, 4.69) is 49.8 Å². The van der Waals surface area contributed by atoms with Crippen LogP contribution in [0.15, 0.2) is 24.3 Å². The zero-order valence-electron chi connectivity index (χ0n) is 25.2. The van der Waals surface area contributed by atoms with Crippen LogP contribution in [0, 0.1) is 13.8 Å². The van der Waals surface area contributed by atoms with Gasteiger partial charge in [-0.05, 0) is 122 Å². The molecule has 43 heavy (non-hydrogen) atoms. The second kappa shape index (κ2) is 12.8. The fourth-order valence-electron chi connectivity index (χ4n) is 6.22. The molecule has 8 bridgehead atoms. The first-order valence-corrected chi connectivity index (χ1v) is 14.6. The summed E-state index contributed by atoms with van der Waals surface area (Å²) in [6.07, 6.45) is 2.39. The SMILES string of the molecule is CCC1=C(C)c2cc3[nH]c(cc4nc(cc5[nH]c(cc1n2)c(C)c5CCC(=O)O)C(CCC(=O)O)=C4C)c(C)c3CC.[GaH3]. The molecule has 4 N–H and O–H groups in total. The van der Waals surface area contributed by atoms with Gasteiger partial charge in [-0.1, -0.05) is 13.8 Å². The third kappa shape index (κ3) is 6.14. The molecule has 5 rings (SSSR count). The van der Waals surface area contributed by atoms with Crippen molar-refractivity contribution >= 4 is 76.1 Å². The summed E-state index contributed by atoms with van der Waals surface area (Å²) in [6.45, 7) is 12.5. The van der Waals surface area contributed by atoms with E-state index in [4.69, 9.17) is 9.97 Å². The number of hydrogen-bond acceptors (Lipinski definition) is 4. The Labute approximate surface area is 264 Å². The van der Waals surface area contributed by atoms with E-state index in [9.17, 15) is 19.8 Å². The second-order valence-corrected chi connectivity index (χ2v) is 11.2. The minimum absolute atomic E-state index is 0. The Kier molecular flexibility index (Phi) is 9.56. The van der Waals surface area contributed by atoms with Crippen molar-refractivity contribution in [3.8, 4) is 0 Å². The predicted molar refractivity (Wildman–Crippen MR) is 178 cm³/mol. The van der Waals surface area contributed by atoms with Crippen molar-refractivity contribution in [2.24, 2.45) is 0 Å². The summed E-state index contributed by atoms with van der Waals surface area (Å²) >= 11 is 0. The van der Waals surface area contributed by atoms with E-state index in [1.54, 1.807) is 0 Å². The molecule has 5 heterocycles. The monoisotopic (exact) mass is 638 g/mol. The molecule has 0 radical (unpaired) electrons. The minimum atomic E-state index is -0.864. The number of aromatic nitrogens is 4. The third-order valence-corrected chi connectivity index (χ3v) is 8.69. The molecule has 0 unspecified atom stereocenters. The summed E-state index contributed by atoms with van der Waals surface area (Å²) in [5.41, 5.74) is 15.4. The number of H-pyrrole nitrogens is 2. The van der Waals surface area contributed by atoms with Gasteiger partial charge in [0.15, 0.2) is 0 Å². The van der Waals surface area contributed by atoms with Crippen LogP contribution < -0.4 is 0 Å². The van der Waals surface area contributed by atoms with Crippen molar-refractivity contribution in [3.63, 3.8) is 0 Å². The first-order chi connectivity index (χ1) is 20.0. The maximum absolute atomic E-state index is 11.5. The van der Waals surface area contributed by atoms with Gasteiger partial charge < -0.3 is 20.2 Å². The molecule has 0 aliphatic carbocycles. The molecule has 0 saturated heterocycles. The molecule has 2 aliphatic heterocycles. The molecule has 3 aromatic heterocycles. The van der Waals surface area contributed by atoms with E-state index < -0.39 is 11.9 Å². The topological polar surface area (TPSA) is 132 Å². The Morgan fingerprint density at radius 3 is 1.63 bits per heavy atom. The van der Waals surface area contributed by atoms with Crippen LogP contribution in [0.4, 0.5) is 0 Å². The van der Waals surface area contributed by atoms with Crippen molar-refractivity contribution in [1.82, 2.24) is 19.9 Å².